The maximum atomic E-state index is 12.3. The van der Waals surface area contributed by atoms with E-state index in [9.17, 15) is 22.8 Å². The standard InChI is InChI=1S/C18H16N2O5S2/c21-16(19-14-9-10-27(24,25)12-14)11-20-17(22)15(26-18(20)23)8-4-7-13-5-2-1-3-6-13/h1-10,14H,11-12H2,(H,19,21)/b7-4+,15-8-. The highest BCUT2D eigenvalue weighted by Gasteiger charge is 2.36. The van der Waals surface area contributed by atoms with Gasteiger partial charge in [0.2, 0.25) is 5.91 Å². The Morgan fingerprint density at radius 1 is 1.26 bits per heavy atom. The van der Waals surface area contributed by atoms with Crippen molar-refractivity contribution in [2.24, 2.45) is 0 Å². The summed E-state index contributed by atoms with van der Waals surface area (Å²) in [5.41, 5.74) is 0.951. The van der Waals surface area contributed by atoms with Gasteiger partial charge >= 0.3 is 0 Å². The summed E-state index contributed by atoms with van der Waals surface area (Å²) in [5, 5.41) is 2.99. The smallest absolute Gasteiger partial charge is 0.294 e. The van der Waals surface area contributed by atoms with E-state index >= 15 is 0 Å². The van der Waals surface area contributed by atoms with E-state index in [1.807, 2.05) is 30.3 Å². The largest absolute Gasteiger partial charge is 0.347 e. The van der Waals surface area contributed by atoms with E-state index in [1.165, 1.54) is 12.2 Å². The van der Waals surface area contributed by atoms with Gasteiger partial charge in [-0.1, -0.05) is 42.5 Å². The minimum atomic E-state index is -3.30. The molecule has 0 radical (unpaired) electrons. The number of allylic oxidation sites excluding steroid dienone is 2. The first kappa shape index (κ1) is 19.1. The second-order valence-corrected chi connectivity index (χ2v) is 8.82. The van der Waals surface area contributed by atoms with Crippen LogP contribution in [0.15, 0.2) is 58.9 Å². The van der Waals surface area contributed by atoms with Crippen LogP contribution in [0.5, 0.6) is 0 Å². The number of rotatable bonds is 5. The van der Waals surface area contributed by atoms with Crippen molar-refractivity contribution in [3.05, 3.63) is 64.4 Å². The van der Waals surface area contributed by atoms with Gasteiger partial charge in [-0.15, -0.1) is 0 Å². The monoisotopic (exact) mass is 404 g/mol. The SMILES string of the molecule is O=C(CN1C(=O)S/C(=C\C=C\c2ccccc2)C1=O)NC1C=CS(=O)(=O)C1. The van der Waals surface area contributed by atoms with Gasteiger partial charge in [0.05, 0.1) is 16.7 Å². The predicted molar refractivity (Wildman–Crippen MR) is 103 cm³/mol. The van der Waals surface area contributed by atoms with Crippen molar-refractivity contribution < 1.29 is 22.8 Å². The van der Waals surface area contributed by atoms with Crippen molar-refractivity contribution in [2.75, 3.05) is 12.3 Å². The normalized spacial score (nSPS) is 22.9. The summed E-state index contributed by atoms with van der Waals surface area (Å²) in [7, 11) is -3.30. The zero-order chi connectivity index (χ0) is 19.4. The zero-order valence-electron chi connectivity index (χ0n) is 14.1. The molecule has 3 rings (SSSR count). The third kappa shape index (κ3) is 4.95. The summed E-state index contributed by atoms with van der Waals surface area (Å²) in [6.45, 7) is -0.450. The third-order valence-corrected chi connectivity index (χ3v) is 6.11. The van der Waals surface area contributed by atoms with Crippen LogP contribution >= 0.6 is 11.8 Å². The Balaban J connectivity index is 1.59. The molecule has 1 atom stereocenters. The minimum Gasteiger partial charge on any atom is -0.347 e. The summed E-state index contributed by atoms with van der Waals surface area (Å²) in [6.07, 6.45) is 6.37. The fourth-order valence-electron chi connectivity index (χ4n) is 2.52. The van der Waals surface area contributed by atoms with Crippen molar-refractivity contribution in [3.63, 3.8) is 0 Å². The average molecular weight is 404 g/mol. The number of carbonyl (C=O) groups is 3. The van der Waals surface area contributed by atoms with Crippen molar-refractivity contribution in [2.45, 2.75) is 6.04 Å². The number of imide groups is 1. The lowest BCUT2D eigenvalue weighted by molar-refractivity contribution is -0.129. The third-order valence-electron chi connectivity index (χ3n) is 3.79. The maximum absolute atomic E-state index is 12.3. The number of nitrogens with zero attached hydrogens (tertiary/aromatic N) is 1. The van der Waals surface area contributed by atoms with Crippen LogP contribution in [0.4, 0.5) is 4.79 Å². The molecule has 140 valence electrons. The maximum Gasteiger partial charge on any atom is 0.294 e. The van der Waals surface area contributed by atoms with Gasteiger partial charge in [0.25, 0.3) is 11.1 Å². The van der Waals surface area contributed by atoms with Crippen LogP contribution in [-0.2, 0) is 19.4 Å². The molecule has 1 aromatic carbocycles. The molecule has 0 saturated carbocycles. The van der Waals surface area contributed by atoms with E-state index in [0.717, 1.165) is 27.6 Å². The number of amides is 3. The second-order valence-electron chi connectivity index (χ2n) is 5.89. The van der Waals surface area contributed by atoms with Gasteiger partial charge in [-0.25, -0.2) is 8.42 Å². The van der Waals surface area contributed by atoms with Gasteiger partial charge in [-0.2, -0.15) is 0 Å². The van der Waals surface area contributed by atoms with Gasteiger partial charge in [-0.3, -0.25) is 19.3 Å². The Hall–Kier alpha value is -2.65. The first-order chi connectivity index (χ1) is 12.8. The van der Waals surface area contributed by atoms with Gasteiger partial charge in [0, 0.05) is 5.41 Å². The molecule has 2 aliphatic rings. The first-order valence-corrected chi connectivity index (χ1v) is 10.5. The quantitative estimate of drug-likeness (QED) is 0.750. The van der Waals surface area contributed by atoms with E-state index in [0.29, 0.717) is 0 Å². The Morgan fingerprint density at radius 3 is 2.67 bits per heavy atom. The fourth-order valence-corrected chi connectivity index (χ4v) is 4.55. The molecule has 0 aromatic heterocycles. The summed E-state index contributed by atoms with van der Waals surface area (Å²) in [5.74, 6) is -1.36. The molecule has 1 N–H and O–H groups in total. The van der Waals surface area contributed by atoms with Gasteiger partial charge < -0.3 is 5.32 Å². The molecule has 0 bridgehead atoms. The second kappa shape index (κ2) is 7.93. The summed E-state index contributed by atoms with van der Waals surface area (Å²) < 4.78 is 22.7. The Morgan fingerprint density at radius 2 is 2.00 bits per heavy atom. The average Bonchev–Trinajstić information content (AvgIpc) is 3.09. The van der Waals surface area contributed by atoms with Crippen molar-refractivity contribution in [3.8, 4) is 0 Å². The molecule has 2 heterocycles. The molecular formula is C18H16N2O5S2. The van der Waals surface area contributed by atoms with Gasteiger partial charge in [0.1, 0.15) is 6.54 Å². The molecule has 0 spiro atoms. The van der Waals surface area contributed by atoms with Crippen LogP contribution in [-0.4, -0.2) is 48.7 Å². The molecule has 7 nitrogen and oxygen atoms in total. The summed E-state index contributed by atoms with van der Waals surface area (Å²) >= 11 is 0.759. The molecule has 0 aliphatic carbocycles. The highest BCUT2D eigenvalue weighted by atomic mass is 32.2. The lowest BCUT2D eigenvalue weighted by Gasteiger charge is -2.14. The molecule has 1 saturated heterocycles. The van der Waals surface area contributed by atoms with E-state index in [-0.39, 0.29) is 10.7 Å². The van der Waals surface area contributed by atoms with Crippen molar-refractivity contribution in [1.82, 2.24) is 10.2 Å². The topological polar surface area (TPSA) is 101 Å². The number of carbonyl (C=O) groups excluding carboxylic acids is 3. The van der Waals surface area contributed by atoms with Crippen LogP contribution in [0, 0.1) is 0 Å². The molecule has 3 amide bonds. The highest BCUT2D eigenvalue weighted by molar-refractivity contribution is 8.18. The number of thioether (sulfide) groups is 1. The first-order valence-electron chi connectivity index (χ1n) is 8.01. The van der Waals surface area contributed by atoms with E-state index in [2.05, 4.69) is 5.32 Å². The highest BCUT2D eigenvalue weighted by Crippen LogP contribution is 2.30. The minimum absolute atomic E-state index is 0.217. The lowest BCUT2D eigenvalue weighted by atomic mass is 10.2. The van der Waals surface area contributed by atoms with E-state index < -0.39 is 39.5 Å². The molecule has 1 unspecified atom stereocenters. The van der Waals surface area contributed by atoms with E-state index in [4.69, 9.17) is 0 Å². The van der Waals surface area contributed by atoms with Crippen molar-refractivity contribution in [1.29, 1.82) is 0 Å². The predicted octanol–water partition coefficient (Wildman–Crippen LogP) is 1.71. The number of benzene rings is 1. The number of sulfone groups is 1. The molecule has 27 heavy (non-hydrogen) atoms. The van der Waals surface area contributed by atoms with Gasteiger partial charge in [0.15, 0.2) is 9.84 Å². The van der Waals surface area contributed by atoms with Crippen LogP contribution < -0.4 is 5.32 Å². The zero-order valence-corrected chi connectivity index (χ0v) is 15.7. The Bertz CT molecular complexity index is 965. The number of nitrogens with one attached hydrogen (secondary N) is 1. The van der Waals surface area contributed by atoms with E-state index in [1.54, 1.807) is 12.2 Å². The number of hydrogen-bond acceptors (Lipinski definition) is 6. The Kier molecular flexibility index (Phi) is 5.62. The molecular weight excluding hydrogens is 388 g/mol. The molecule has 2 aliphatic heterocycles. The summed E-state index contributed by atoms with van der Waals surface area (Å²) in [4.78, 5) is 37.4. The molecule has 1 aromatic rings. The van der Waals surface area contributed by atoms with Crippen LogP contribution in [0.3, 0.4) is 0 Å². The lowest BCUT2D eigenvalue weighted by Crippen LogP contribution is -2.43. The van der Waals surface area contributed by atoms with Crippen LogP contribution in [0.25, 0.3) is 6.08 Å². The van der Waals surface area contributed by atoms with Gasteiger partial charge in [-0.05, 0) is 29.5 Å². The van der Waals surface area contributed by atoms with Crippen LogP contribution in [0.1, 0.15) is 5.56 Å². The van der Waals surface area contributed by atoms with Crippen LogP contribution in [0.2, 0.25) is 0 Å². The summed E-state index contributed by atoms with van der Waals surface area (Å²) in [6, 6.07) is 8.82. The number of hydrogen-bond donors (Lipinski definition) is 1. The Labute approximate surface area is 160 Å². The fraction of sp³-hybridized carbons (Fsp3) is 0.167. The van der Waals surface area contributed by atoms with Crippen molar-refractivity contribution >= 4 is 44.7 Å². The molecule has 9 heteroatoms. The molecule has 1 fully saturated rings.